The molecule has 0 atom stereocenters. The van der Waals surface area contributed by atoms with Crippen LogP contribution in [0.3, 0.4) is 0 Å². The van der Waals surface area contributed by atoms with Gasteiger partial charge < -0.3 is 13.9 Å². The Morgan fingerprint density at radius 1 is 1.29 bits per heavy atom. The van der Waals surface area contributed by atoms with Crippen LogP contribution in [0, 0.1) is 0 Å². The Morgan fingerprint density at radius 3 is 2.36 bits per heavy atom. The second-order valence-corrected chi connectivity index (χ2v) is 8.16. The molecule has 0 spiro atoms. The Hall–Kier alpha value is -0.903. The first-order chi connectivity index (χ1) is 6.49. The van der Waals surface area contributed by atoms with Gasteiger partial charge in [-0.05, 0) is 26.6 Å². The van der Waals surface area contributed by atoms with Crippen LogP contribution in [0.4, 0.5) is 0 Å². The highest BCUT2D eigenvalue weighted by Gasteiger charge is 2.16. The van der Waals surface area contributed by atoms with Crippen LogP contribution >= 0.6 is 0 Å². The molecule has 0 saturated carbocycles. The zero-order valence-corrected chi connectivity index (χ0v) is 10.7. The fraction of sp³-hybridized carbons (Fsp3) is 0.600. The van der Waals surface area contributed by atoms with Gasteiger partial charge in [-0.3, -0.25) is 0 Å². The Balaban J connectivity index is 4.24. The van der Waals surface area contributed by atoms with E-state index in [1.54, 1.807) is 25.7 Å². The largest absolute Gasteiger partial charge is 0.542 e. The third-order valence-corrected chi connectivity index (χ3v) is 2.00. The number of rotatable bonds is 6. The second-order valence-electron chi connectivity index (χ2n) is 3.73. The van der Waals surface area contributed by atoms with Crippen molar-refractivity contribution < 1.29 is 13.9 Å². The molecule has 0 rings (SSSR count). The molecule has 0 aromatic rings. The highest BCUT2D eigenvalue weighted by atomic mass is 28.4. The van der Waals surface area contributed by atoms with E-state index in [2.05, 4.69) is 19.6 Å². The van der Waals surface area contributed by atoms with Gasteiger partial charge in [0.1, 0.15) is 12.0 Å². The Labute approximate surface area is 87.5 Å². The predicted molar refractivity (Wildman–Crippen MR) is 60.3 cm³/mol. The van der Waals surface area contributed by atoms with Gasteiger partial charge in [0.25, 0.3) is 0 Å². The van der Waals surface area contributed by atoms with Crippen molar-refractivity contribution in [1.29, 1.82) is 0 Å². The fourth-order valence-corrected chi connectivity index (χ4v) is 1.60. The summed E-state index contributed by atoms with van der Waals surface area (Å²) in [5, 5.41) is 0. The first-order valence-corrected chi connectivity index (χ1v) is 8.10. The maximum absolute atomic E-state index is 5.73. The van der Waals surface area contributed by atoms with E-state index in [0.717, 1.165) is 0 Å². The van der Waals surface area contributed by atoms with Gasteiger partial charge in [-0.1, -0.05) is 0 Å². The Bertz CT molecular complexity index is 204. The highest BCUT2D eigenvalue weighted by Crippen LogP contribution is 2.11. The molecule has 0 amide bonds. The first-order valence-electron chi connectivity index (χ1n) is 4.69. The average molecular weight is 216 g/mol. The van der Waals surface area contributed by atoms with Crippen LogP contribution in [-0.2, 0) is 13.9 Å². The van der Waals surface area contributed by atoms with E-state index in [-0.39, 0.29) is 0 Å². The predicted octanol–water partition coefficient (Wildman–Crippen LogP) is 2.88. The number of hydrogen-bond acceptors (Lipinski definition) is 3. The van der Waals surface area contributed by atoms with Gasteiger partial charge >= 0.3 is 0 Å². The minimum absolute atomic E-state index is 0.656. The summed E-state index contributed by atoms with van der Waals surface area (Å²) in [6.45, 7) is 8.94. The lowest BCUT2D eigenvalue weighted by atomic mass is 10.5. The zero-order valence-electron chi connectivity index (χ0n) is 9.66. The smallest absolute Gasteiger partial charge is 0.242 e. The lowest BCUT2D eigenvalue weighted by Crippen LogP contribution is -2.24. The molecular weight excluding hydrogens is 196 g/mol. The van der Waals surface area contributed by atoms with E-state index in [9.17, 15) is 0 Å². The maximum Gasteiger partial charge on any atom is 0.242 e. The molecule has 0 aromatic carbocycles. The Kier molecular flexibility index (Phi) is 6.11. The van der Waals surface area contributed by atoms with Gasteiger partial charge in [-0.15, -0.1) is 0 Å². The van der Waals surface area contributed by atoms with E-state index in [1.807, 2.05) is 6.92 Å². The molecule has 14 heavy (non-hydrogen) atoms. The molecule has 0 fully saturated rings. The quantitative estimate of drug-likeness (QED) is 0.388. The summed E-state index contributed by atoms with van der Waals surface area (Å²) >= 11 is 0. The monoisotopic (exact) mass is 216 g/mol. The summed E-state index contributed by atoms with van der Waals surface area (Å²) in [5.41, 5.74) is 0. The van der Waals surface area contributed by atoms with E-state index in [1.165, 1.54) is 0 Å². The molecule has 0 radical (unpaired) electrons. The second kappa shape index (κ2) is 6.54. The van der Waals surface area contributed by atoms with Gasteiger partial charge in [-0.25, -0.2) is 0 Å². The van der Waals surface area contributed by atoms with Crippen LogP contribution in [0.15, 0.2) is 24.4 Å². The molecule has 0 N–H and O–H groups in total. The van der Waals surface area contributed by atoms with E-state index in [0.29, 0.717) is 12.4 Å². The van der Waals surface area contributed by atoms with Gasteiger partial charge in [0.05, 0.1) is 20.0 Å². The third kappa shape index (κ3) is 7.73. The molecule has 82 valence electrons. The van der Waals surface area contributed by atoms with Crippen LogP contribution in [0.25, 0.3) is 0 Å². The number of methoxy groups -OCH3 is 1. The molecule has 0 heterocycles. The van der Waals surface area contributed by atoms with Crippen LogP contribution in [0.2, 0.25) is 19.6 Å². The van der Waals surface area contributed by atoms with Crippen molar-refractivity contribution in [2.45, 2.75) is 26.6 Å². The van der Waals surface area contributed by atoms with Crippen molar-refractivity contribution in [2.75, 3.05) is 13.7 Å². The molecule has 0 aromatic heterocycles. The van der Waals surface area contributed by atoms with Crippen molar-refractivity contribution in [2.24, 2.45) is 0 Å². The van der Waals surface area contributed by atoms with Crippen molar-refractivity contribution in [3.05, 3.63) is 24.4 Å². The summed E-state index contributed by atoms with van der Waals surface area (Å²) < 4.78 is 15.7. The SMILES string of the molecule is CCO/C=C/C(=C\OC)O[Si](C)(C)C. The highest BCUT2D eigenvalue weighted by molar-refractivity contribution is 6.70. The normalized spacial score (nSPS) is 13.1. The minimum Gasteiger partial charge on any atom is -0.542 e. The summed E-state index contributed by atoms with van der Waals surface area (Å²) in [7, 11) is 0.0265. The molecule has 0 aliphatic carbocycles. The van der Waals surface area contributed by atoms with Crippen molar-refractivity contribution in [3.8, 4) is 0 Å². The van der Waals surface area contributed by atoms with Gasteiger partial charge in [0.2, 0.25) is 8.32 Å². The molecule has 0 unspecified atom stereocenters. The van der Waals surface area contributed by atoms with Crippen LogP contribution in [-0.4, -0.2) is 22.0 Å². The van der Waals surface area contributed by atoms with E-state index >= 15 is 0 Å². The molecule has 0 aliphatic heterocycles. The van der Waals surface area contributed by atoms with Gasteiger partial charge in [0.15, 0.2) is 0 Å². The first kappa shape index (κ1) is 13.1. The lowest BCUT2D eigenvalue weighted by Gasteiger charge is -2.19. The van der Waals surface area contributed by atoms with Crippen LogP contribution < -0.4 is 0 Å². The van der Waals surface area contributed by atoms with Gasteiger partial charge in [-0.2, -0.15) is 0 Å². The van der Waals surface area contributed by atoms with Crippen LogP contribution in [0.5, 0.6) is 0 Å². The molecule has 3 nitrogen and oxygen atoms in total. The molecule has 4 heteroatoms. The molecule has 0 saturated heterocycles. The summed E-state index contributed by atoms with van der Waals surface area (Å²) in [6.07, 6.45) is 4.96. The summed E-state index contributed by atoms with van der Waals surface area (Å²) in [6, 6.07) is 0. The molecule has 0 bridgehead atoms. The van der Waals surface area contributed by atoms with Gasteiger partial charge in [0, 0.05) is 6.08 Å². The van der Waals surface area contributed by atoms with E-state index in [4.69, 9.17) is 13.9 Å². The standard InChI is InChI=1S/C10H20O3Si/c1-6-12-8-7-10(9-11-2)13-14(3,4)5/h7-9H,6H2,1-5H3/b8-7+,10-9+. The van der Waals surface area contributed by atoms with Crippen molar-refractivity contribution in [1.82, 2.24) is 0 Å². The van der Waals surface area contributed by atoms with Crippen molar-refractivity contribution in [3.63, 3.8) is 0 Å². The van der Waals surface area contributed by atoms with Crippen molar-refractivity contribution >= 4 is 8.32 Å². The molecular formula is C10H20O3Si. The topological polar surface area (TPSA) is 27.7 Å². The summed E-state index contributed by atoms with van der Waals surface area (Å²) in [5.74, 6) is 0.708. The van der Waals surface area contributed by atoms with E-state index < -0.39 is 8.32 Å². The summed E-state index contributed by atoms with van der Waals surface area (Å²) in [4.78, 5) is 0. The number of allylic oxidation sites excluding steroid dienone is 1. The average Bonchev–Trinajstić information content (AvgIpc) is 2.02. The van der Waals surface area contributed by atoms with Crippen LogP contribution in [0.1, 0.15) is 6.92 Å². The zero-order chi connectivity index (χ0) is 11.0. The minimum atomic E-state index is -1.57. The molecule has 0 aliphatic rings. The third-order valence-electron chi connectivity index (χ3n) is 1.15. The Morgan fingerprint density at radius 2 is 1.93 bits per heavy atom. The number of ether oxygens (including phenoxy) is 2. The fourth-order valence-electron chi connectivity index (χ4n) is 0.778. The lowest BCUT2D eigenvalue weighted by molar-refractivity contribution is 0.265. The number of hydrogen-bond donors (Lipinski definition) is 0. The maximum atomic E-state index is 5.73.